The van der Waals surface area contributed by atoms with Gasteiger partial charge in [-0.3, -0.25) is 4.79 Å². The Labute approximate surface area is 206 Å². The molecule has 3 heterocycles. The average molecular weight is 495 g/mol. The second kappa shape index (κ2) is 9.65. The van der Waals surface area contributed by atoms with Crippen molar-refractivity contribution in [1.82, 2.24) is 14.7 Å². The molecule has 1 fully saturated rings. The maximum Gasteiger partial charge on any atom is 0.281 e. The molecule has 2 atom stereocenters. The smallest absolute Gasteiger partial charge is 0.281 e. The molecule has 0 bridgehead atoms. The molecule has 9 heteroatoms. The molecule has 3 aromatic rings. The lowest BCUT2D eigenvalue weighted by molar-refractivity contribution is 0.0981. The number of aromatic nitrogens is 2. The van der Waals surface area contributed by atoms with Crippen molar-refractivity contribution in [3.63, 3.8) is 0 Å². The Bertz CT molecular complexity index is 1310. The minimum atomic E-state index is -4.25. The van der Waals surface area contributed by atoms with Gasteiger partial charge < -0.3 is 9.64 Å². The third kappa shape index (κ3) is 5.14. The zero-order valence-corrected chi connectivity index (χ0v) is 21.1. The van der Waals surface area contributed by atoms with Crippen molar-refractivity contribution < 1.29 is 17.9 Å². The first kappa shape index (κ1) is 24.7. The number of rotatable bonds is 7. The van der Waals surface area contributed by atoms with Gasteiger partial charge in [0, 0.05) is 24.3 Å². The van der Waals surface area contributed by atoms with E-state index in [4.69, 9.17) is 4.74 Å². The van der Waals surface area contributed by atoms with E-state index in [1.54, 1.807) is 24.4 Å². The Balaban J connectivity index is 1.55. The Hall–Kier alpha value is -3.46. The number of amides is 1. The summed E-state index contributed by atoms with van der Waals surface area (Å²) in [4.78, 5) is 23.8. The quantitative estimate of drug-likeness (QED) is 0.521. The number of hydrogen-bond acceptors (Lipinski definition) is 7. The van der Waals surface area contributed by atoms with Crippen LogP contribution in [0.3, 0.4) is 0 Å². The zero-order valence-electron chi connectivity index (χ0n) is 20.3. The molecule has 1 N–H and O–H groups in total. The number of pyridine rings is 2. The van der Waals surface area contributed by atoms with Crippen molar-refractivity contribution in [1.29, 1.82) is 0 Å². The maximum atomic E-state index is 13.1. The van der Waals surface area contributed by atoms with Gasteiger partial charge in [-0.2, -0.15) is 13.4 Å². The first-order valence-corrected chi connectivity index (χ1v) is 13.1. The highest BCUT2D eigenvalue weighted by atomic mass is 32.2. The van der Waals surface area contributed by atoms with Gasteiger partial charge in [-0.15, -0.1) is 0 Å². The van der Waals surface area contributed by atoms with Crippen molar-refractivity contribution in [3.8, 4) is 5.88 Å². The zero-order chi connectivity index (χ0) is 25.2. The van der Waals surface area contributed by atoms with Crippen molar-refractivity contribution in [2.75, 3.05) is 11.4 Å². The summed E-state index contributed by atoms with van der Waals surface area (Å²) in [7, 11) is -4.25. The average Bonchev–Trinajstić information content (AvgIpc) is 3.11. The van der Waals surface area contributed by atoms with E-state index in [2.05, 4.69) is 40.4 Å². The number of anilines is 1. The minimum Gasteiger partial charge on any atom is -0.470 e. The van der Waals surface area contributed by atoms with Crippen molar-refractivity contribution in [2.45, 2.75) is 50.8 Å². The molecule has 35 heavy (non-hydrogen) atoms. The summed E-state index contributed by atoms with van der Waals surface area (Å²) in [6.45, 7) is 8.95. The number of hydrogen-bond donors (Lipinski definition) is 1. The second-order valence-electron chi connectivity index (χ2n) is 9.29. The lowest BCUT2D eigenvalue weighted by Crippen LogP contribution is -2.43. The summed E-state index contributed by atoms with van der Waals surface area (Å²) in [5, 5.41) is -0.302. The van der Waals surface area contributed by atoms with E-state index < -0.39 is 15.9 Å². The van der Waals surface area contributed by atoms with Crippen LogP contribution in [0.4, 0.5) is 5.82 Å². The number of nitrogens with one attached hydrogen (secondary N) is 1. The molecule has 4 rings (SSSR count). The van der Waals surface area contributed by atoms with Crippen LogP contribution in [0.2, 0.25) is 0 Å². The van der Waals surface area contributed by atoms with Gasteiger partial charge in [-0.25, -0.2) is 9.71 Å². The molecule has 8 nitrogen and oxygen atoms in total. The molecule has 1 saturated heterocycles. The second-order valence-corrected chi connectivity index (χ2v) is 10.9. The first-order valence-electron chi connectivity index (χ1n) is 11.6. The molecule has 1 aliphatic rings. The highest BCUT2D eigenvalue weighted by molar-refractivity contribution is 7.90. The standard InChI is InChI=1S/C26H30N4O4S/c1-18-15-17-30(26(18,3)4)24-21(12-9-16-27-24)25(31)29-35(32,33)23-14-8-13-22(28-23)34-19(2)20-10-6-5-7-11-20/h5-14,16,18-19H,15,17H2,1-4H3,(H,29,31)/t18?,19-/m1/s1. The number of benzene rings is 1. The van der Waals surface area contributed by atoms with Crippen LogP contribution in [0.1, 0.15) is 56.1 Å². The fraction of sp³-hybridized carbons (Fsp3) is 0.346. The summed E-state index contributed by atoms with van der Waals surface area (Å²) in [5.74, 6) is 0.256. The third-order valence-electron chi connectivity index (χ3n) is 6.74. The highest BCUT2D eigenvalue weighted by Crippen LogP contribution is 2.38. The number of sulfonamides is 1. The minimum absolute atomic E-state index is 0.145. The van der Waals surface area contributed by atoms with Gasteiger partial charge in [0.25, 0.3) is 15.9 Å². The topological polar surface area (TPSA) is 101 Å². The molecule has 0 aliphatic carbocycles. The molecule has 0 radical (unpaired) electrons. The first-order chi connectivity index (χ1) is 16.6. The summed E-state index contributed by atoms with van der Waals surface area (Å²) >= 11 is 0. The van der Waals surface area contributed by atoms with Crippen LogP contribution in [-0.2, 0) is 10.0 Å². The number of carbonyl (C=O) groups excluding carboxylic acids is 1. The molecule has 1 amide bonds. The van der Waals surface area contributed by atoms with Gasteiger partial charge in [0.2, 0.25) is 5.88 Å². The fourth-order valence-electron chi connectivity index (χ4n) is 4.21. The SMILES string of the molecule is CC1CCN(c2ncccc2C(=O)NS(=O)(=O)c2cccc(O[C@H](C)c3ccccc3)n2)C1(C)C. The van der Waals surface area contributed by atoms with Crippen molar-refractivity contribution in [2.24, 2.45) is 5.92 Å². The predicted octanol–water partition coefficient (Wildman–Crippen LogP) is 4.36. The van der Waals surface area contributed by atoms with Crippen LogP contribution in [-0.4, -0.2) is 36.4 Å². The molecule has 1 aliphatic heterocycles. The summed E-state index contributed by atoms with van der Waals surface area (Å²) in [6.07, 6.45) is 2.23. The summed E-state index contributed by atoms with van der Waals surface area (Å²) < 4.78 is 34.1. The van der Waals surface area contributed by atoms with E-state index in [0.29, 0.717) is 11.7 Å². The van der Waals surface area contributed by atoms with E-state index >= 15 is 0 Å². The molecular weight excluding hydrogens is 464 g/mol. The number of carbonyl (C=O) groups is 1. The Kier molecular flexibility index (Phi) is 6.80. The molecule has 1 aromatic carbocycles. The Morgan fingerprint density at radius 2 is 1.86 bits per heavy atom. The van der Waals surface area contributed by atoms with Gasteiger partial charge in [0.15, 0.2) is 5.03 Å². The van der Waals surface area contributed by atoms with Crippen LogP contribution in [0.25, 0.3) is 0 Å². The monoisotopic (exact) mass is 494 g/mol. The van der Waals surface area contributed by atoms with E-state index in [-0.39, 0.29) is 28.1 Å². The molecule has 0 spiro atoms. The third-order valence-corrected chi connectivity index (χ3v) is 7.97. The van der Waals surface area contributed by atoms with E-state index in [9.17, 15) is 13.2 Å². The lowest BCUT2D eigenvalue weighted by Gasteiger charge is -2.36. The molecular formula is C26H30N4O4S. The van der Waals surface area contributed by atoms with E-state index in [1.807, 2.05) is 37.3 Å². The molecule has 184 valence electrons. The summed E-state index contributed by atoms with van der Waals surface area (Å²) in [5.41, 5.74) is 0.910. The predicted molar refractivity (Wildman–Crippen MR) is 134 cm³/mol. The van der Waals surface area contributed by atoms with Gasteiger partial charge in [0.05, 0.1) is 5.56 Å². The number of ether oxygens (including phenoxy) is 1. The van der Waals surface area contributed by atoms with Gasteiger partial charge in [-0.05, 0) is 56.9 Å². The fourth-order valence-corrected chi connectivity index (χ4v) is 5.14. The van der Waals surface area contributed by atoms with Gasteiger partial charge in [-0.1, -0.05) is 43.3 Å². The van der Waals surface area contributed by atoms with Crippen LogP contribution in [0.15, 0.2) is 71.9 Å². The largest absolute Gasteiger partial charge is 0.470 e. The van der Waals surface area contributed by atoms with Crippen LogP contribution in [0.5, 0.6) is 5.88 Å². The highest BCUT2D eigenvalue weighted by Gasteiger charge is 2.40. The summed E-state index contributed by atoms with van der Waals surface area (Å²) in [6, 6.07) is 17.2. The van der Waals surface area contributed by atoms with Crippen LogP contribution in [0, 0.1) is 5.92 Å². The normalized spacial score (nSPS) is 18.2. The van der Waals surface area contributed by atoms with Crippen LogP contribution < -0.4 is 14.4 Å². The van der Waals surface area contributed by atoms with Gasteiger partial charge >= 0.3 is 0 Å². The Morgan fingerprint density at radius 3 is 2.54 bits per heavy atom. The van der Waals surface area contributed by atoms with E-state index in [1.165, 1.54) is 12.1 Å². The van der Waals surface area contributed by atoms with Crippen molar-refractivity contribution in [3.05, 3.63) is 78.0 Å². The van der Waals surface area contributed by atoms with Gasteiger partial charge in [0.1, 0.15) is 11.9 Å². The molecule has 0 saturated carbocycles. The van der Waals surface area contributed by atoms with E-state index in [0.717, 1.165) is 18.5 Å². The molecule has 1 unspecified atom stereocenters. The number of nitrogens with zero attached hydrogens (tertiary/aromatic N) is 3. The van der Waals surface area contributed by atoms with Crippen LogP contribution >= 0.6 is 0 Å². The maximum absolute atomic E-state index is 13.1. The molecule has 2 aromatic heterocycles. The van der Waals surface area contributed by atoms with Crippen molar-refractivity contribution >= 4 is 21.7 Å². The lowest BCUT2D eigenvalue weighted by atomic mass is 9.90. The Morgan fingerprint density at radius 1 is 1.11 bits per heavy atom.